The van der Waals surface area contributed by atoms with E-state index in [0.717, 1.165) is 25.2 Å². The van der Waals surface area contributed by atoms with Crippen molar-refractivity contribution in [2.75, 3.05) is 26.2 Å². The van der Waals surface area contributed by atoms with E-state index in [1.54, 1.807) is 0 Å². The van der Waals surface area contributed by atoms with E-state index in [2.05, 4.69) is 10.2 Å². The monoisotopic (exact) mass is 184 g/mol. The number of aliphatic hydroxyl groups is 1. The van der Waals surface area contributed by atoms with Crippen molar-refractivity contribution in [2.45, 2.75) is 37.8 Å². The average Bonchev–Trinajstić information content (AvgIpc) is 2.90. The predicted molar refractivity (Wildman–Crippen MR) is 52.7 cm³/mol. The van der Waals surface area contributed by atoms with E-state index < -0.39 is 0 Å². The summed E-state index contributed by atoms with van der Waals surface area (Å²) >= 11 is 0. The van der Waals surface area contributed by atoms with Crippen LogP contribution in [0, 0.1) is 0 Å². The van der Waals surface area contributed by atoms with Gasteiger partial charge in [0.1, 0.15) is 0 Å². The van der Waals surface area contributed by atoms with Crippen molar-refractivity contribution < 1.29 is 5.11 Å². The van der Waals surface area contributed by atoms with Gasteiger partial charge in [0, 0.05) is 25.2 Å². The molecule has 0 spiro atoms. The lowest BCUT2D eigenvalue weighted by Crippen LogP contribution is -2.49. The second kappa shape index (κ2) is 4.40. The number of nitrogens with one attached hydrogen (secondary N) is 1. The van der Waals surface area contributed by atoms with Crippen molar-refractivity contribution in [1.29, 1.82) is 0 Å². The highest BCUT2D eigenvalue weighted by atomic mass is 16.3. The third-order valence-corrected chi connectivity index (χ3v) is 3.14. The summed E-state index contributed by atoms with van der Waals surface area (Å²) in [4.78, 5) is 2.38. The largest absolute Gasteiger partial charge is 0.395 e. The van der Waals surface area contributed by atoms with Crippen molar-refractivity contribution in [3.05, 3.63) is 0 Å². The first-order chi connectivity index (χ1) is 6.40. The van der Waals surface area contributed by atoms with Crippen molar-refractivity contribution >= 4 is 0 Å². The van der Waals surface area contributed by atoms with E-state index in [0.29, 0.717) is 6.61 Å². The molecule has 1 aliphatic heterocycles. The number of aliphatic hydroxyl groups excluding tert-OH is 1. The molecule has 1 atom stereocenters. The molecule has 1 saturated carbocycles. The van der Waals surface area contributed by atoms with Gasteiger partial charge in [-0.15, -0.1) is 0 Å². The Morgan fingerprint density at radius 2 is 2.15 bits per heavy atom. The van der Waals surface area contributed by atoms with Crippen molar-refractivity contribution in [1.82, 2.24) is 10.2 Å². The van der Waals surface area contributed by atoms with Gasteiger partial charge in [-0.2, -0.15) is 0 Å². The Labute approximate surface area is 80.1 Å². The maximum absolute atomic E-state index is 8.79. The SMILES string of the molecule is OCCN1CCC1CCNC1CC1. The molecule has 2 aliphatic rings. The van der Waals surface area contributed by atoms with Gasteiger partial charge in [0.15, 0.2) is 0 Å². The molecule has 2 fully saturated rings. The van der Waals surface area contributed by atoms with Gasteiger partial charge in [0.25, 0.3) is 0 Å². The molecular weight excluding hydrogens is 164 g/mol. The molecule has 1 heterocycles. The van der Waals surface area contributed by atoms with E-state index in [1.165, 1.54) is 32.2 Å². The molecule has 0 bridgehead atoms. The minimum Gasteiger partial charge on any atom is -0.395 e. The van der Waals surface area contributed by atoms with E-state index in [1.807, 2.05) is 0 Å². The van der Waals surface area contributed by atoms with Gasteiger partial charge in [-0.3, -0.25) is 4.90 Å². The van der Waals surface area contributed by atoms with Crippen LogP contribution < -0.4 is 5.32 Å². The Balaban J connectivity index is 1.53. The second-order valence-corrected chi connectivity index (χ2v) is 4.22. The van der Waals surface area contributed by atoms with Gasteiger partial charge < -0.3 is 10.4 Å². The molecule has 2 N–H and O–H groups in total. The highest BCUT2D eigenvalue weighted by Crippen LogP contribution is 2.21. The number of hydrogen-bond acceptors (Lipinski definition) is 3. The zero-order valence-corrected chi connectivity index (χ0v) is 8.21. The first kappa shape index (κ1) is 9.44. The molecule has 1 unspecified atom stereocenters. The van der Waals surface area contributed by atoms with E-state index in [-0.39, 0.29) is 0 Å². The topological polar surface area (TPSA) is 35.5 Å². The molecule has 13 heavy (non-hydrogen) atoms. The van der Waals surface area contributed by atoms with Crippen molar-refractivity contribution in [3.8, 4) is 0 Å². The minimum atomic E-state index is 0.312. The quantitative estimate of drug-likeness (QED) is 0.619. The maximum atomic E-state index is 8.79. The first-order valence-corrected chi connectivity index (χ1v) is 5.48. The van der Waals surface area contributed by atoms with Gasteiger partial charge in [0.05, 0.1) is 6.61 Å². The van der Waals surface area contributed by atoms with Crippen LogP contribution in [0.15, 0.2) is 0 Å². The fourth-order valence-electron chi connectivity index (χ4n) is 1.99. The Kier molecular flexibility index (Phi) is 3.19. The van der Waals surface area contributed by atoms with Crippen molar-refractivity contribution in [2.24, 2.45) is 0 Å². The Morgan fingerprint density at radius 3 is 2.69 bits per heavy atom. The molecular formula is C10H20N2O. The number of β-amino-alcohol motifs (C(OH)–C–C–N with tert-alkyl or cyclic N) is 1. The zero-order valence-electron chi connectivity index (χ0n) is 8.21. The summed E-state index contributed by atoms with van der Waals surface area (Å²) in [7, 11) is 0. The van der Waals surface area contributed by atoms with E-state index in [9.17, 15) is 0 Å². The summed E-state index contributed by atoms with van der Waals surface area (Å²) in [6.07, 6.45) is 5.35. The summed E-state index contributed by atoms with van der Waals surface area (Å²) in [6, 6.07) is 1.59. The van der Waals surface area contributed by atoms with Gasteiger partial charge in [0.2, 0.25) is 0 Å². The molecule has 1 saturated heterocycles. The molecule has 0 aromatic carbocycles. The molecule has 0 aromatic heterocycles. The number of nitrogens with zero attached hydrogens (tertiary/aromatic N) is 1. The summed E-state index contributed by atoms with van der Waals surface area (Å²) < 4.78 is 0. The lowest BCUT2D eigenvalue weighted by atomic mass is 10.00. The molecule has 0 amide bonds. The predicted octanol–water partition coefficient (Wildman–Crippen LogP) is 0.195. The Morgan fingerprint density at radius 1 is 1.31 bits per heavy atom. The van der Waals surface area contributed by atoms with Gasteiger partial charge in [-0.1, -0.05) is 0 Å². The third kappa shape index (κ3) is 2.66. The van der Waals surface area contributed by atoms with Crippen molar-refractivity contribution in [3.63, 3.8) is 0 Å². The van der Waals surface area contributed by atoms with Crippen LogP contribution >= 0.6 is 0 Å². The third-order valence-electron chi connectivity index (χ3n) is 3.14. The summed E-state index contributed by atoms with van der Waals surface area (Å²) in [5.74, 6) is 0. The van der Waals surface area contributed by atoms with Crippen LogP contribution in [0.4, 0.5) is 0 Å². The van der Waals surface area contributed by atoms with Crippen LogP contribution in [0.5, 0.6) is 0 Å². The smallest absolute Gasteiger partial charge is 0.0558 e. The molecule has 0 aromatic rings. The zero-order chi connectivity index (χ0) is 9.10. The molecule has 3 heteroatoms. The highest BCUT2D eigenvalue weighted by Gasteiger charge is 2.27. The van der Waals surface area contributed by atoms with Gasteiger partial charge in [-0.25, -0.2) is 0 Å². The summed E-state index contributed by atoms with van der Waals surface area (Å²) in [5, 5.41) is 12.3. The fraction of sp³-hybridized carbons (Fsp3) is 1.00. The van der Waals surface area contributed by atoms with Gasteiger partial charge in [-0.05, 0) is 32.2 Å². The second-order valence-electron chi connectivity index (χ2n) is 4.22. The average molecular weight is 184 g/mol. The van der Waals surface area contributed by atoms with Crippen LogP contribution in [-0.4, -0.2) is 48.3 Å². The summed E-state index contributed by atoms with van der Waals surface area (Å²) in [5.41, 5.74) is 0. The van der Waals surface area contributed by atoms with Gasteiger partial charge >= 0.3 is 0 Å². The summed E-state index contributed by atoms with van der Waals surface area (Å²) in [6.45, 7) is 3.53. The Hall–Kier alpha value is -0.120. The van der Waals surface area contributed by atoms with E-state index in [4.69, 9.17) is 5.11 Å². The van der Waals surface area contributed by atoms with Crippen LogP contribution in [-0.2, 0) is 0 Å². The molecule has 3 nitrogen and oxygen atoms in total. The lowest BCUT2D eigenvalue weighted by Gasteiger charge is -2.40. The normalized spacial score (nSPS) is 28.8. The first-order valence-electron chi connectivity index (χ1n) is 5.48. The highest BCUT2D eigenvalue weighted by molar-refractivity contribution is 4.85. The Bertz CT molecular complexity index is 159. The number of hydrogen-bond donors (Lipinski definition) is 2. The lowest BCUT2D eigenvalue weighted by molar-refractivity contribution is 0.0630. The number of likely N-dealkylation sites (tertiary alicyclic amines) is 1. The van der Waals surface area contributed by atoms with Crippen LogP contribution in [0.2, 0.25) is 0 Å². The standard InChI is InChI=1S/C10H20N2O/c13-8-7-12-6-4-10(12)3-5-11-9-1-2-9/h9-11,13H,1-8H2. The molecule has 2 rings (SSSR count). The number of rotatable bonds is 6. The van der Waals surface area contributed by atoms with Crippen LogP contribution in [0.25, 0.3) is 0 Å². The van der Waals surface area contributed by atoms with E-state index >= 15 is 0 Å². The maximum Gasteiger partial charge on any atom is 0.0558 e. The molecule has 0 radical (unpaired) electrons. The fourth-order valence-corrected chi connectivity index (χ4v) is 1.99. The minimum absolute atomic E-state index is 0.312. The van der Waals surface area contributed by atoms with Crippen LogP contribution in [0.1, 0.15) is 25.7 Å². The van der Waals surface area contributed by atoms with Crippen LogP contribution in [0.3, 0.4) is 0 Å². The molecule has 76 valence electrons. The molecule has 1 aliphatic carbocycles.